The first-order chi connectivity index (χ1) is 9.90. The summed E-state index contributed by atoms with van der Waals surface area (Å²) < 4.78 is 18.4. The average molecular weight is 287 g/mol. The second kappa shape index (κ2) is 5.96. The van der Waals surface area contributed by atoms with Gasteiger partial charge in [0.1, 0.15) is 11.9 Å². The molecule has 0 spiro atoms. The number of nitriles is 1. The number of rotatable bonds is 4. The van der Waals surface area contributed by atoms with Crippen LogP contribution in [0, 0.1) is 17.1 Å². The van der Waals surface area contributed by atoms with Gasteiger partial charge in [0, 0.05) is 12.0 Å². The topological polar surface area (TPSA) is 61.9 Å². The number of aromatic nitrogens is 1. The summed E-state index contributed by atoms with van der Waals surface area (Å²) in [7, 11) is 0. The molecule has 0 unspecified atom stereocenters. The Kier molecular flexibility index (Phi) is 4.27. The van der Waals surface area contributed by atoms with Crippen molar-refractivity contribution in [1.29, 1.82) is 5.26 Å². The molecule has 0 saturated heterocycles. The van der Waals surface area contributed by atoms with Gasteiger partial charge in [0.25, 0.3) is 0 Å². The smallest absolute Gasteiger partial charge is 0.232 e. The number of oxazole rings is 1. The standard InChI is InChI=1S/C16H18FN3O/c1-16(2,3)15-20-13(10-18)14(21-15)19-9-8-11-4-6-12(17)7-5-11/h4-7,19H,8-9H2,1-3H3. The minimum Gasteiger partial charge on any atom is -0.423 e. The third-order valence-electron chi connectivity index (χ3n) is 2.99. The summed E-state index contributed by atoms with van der Waals surface area (Å²) in [5.74, 6) is 0.677. The molecule has 0 saturated carbocycles. The van der Waals surface area contributed by atoms with Crippen LogP contribution in [0.2, 0.25) is 0 Å². The molecule has 5 heteroatoms. The van der Waals surface area contributed by atoms with E-state index in [-0.39, 0.29) is 16.9 Å². The Balaban J connectivity index is 2.01. The zero-order valence-electron chi connectivity index (χ0n) is 12.4. The van der Waals surface area contributed by atoms with Crippen LogP contribution in [-0.2, 0) is 11.8 Å². The molecule has 0 amide bonds. The third kappa shape index (κ3) is 3.82. The van der Waals surface area contributed by atoms with Crippen molar-refractivity contribution in [2.24, 2.45) is 0 Å². The Hall–Kier alpha value is -2.35. The van der Waals surface area contributed by atoms with Gasteiger partial charge in [0.15, 0.2) is 0 Å². The lowest BCUT2D eigenvalue weighted by Crippen LogP contribution is -2.11. The monoisotopic (exact) mass is 287 g/mol. The highest BCUT2D eigenvalue weighted by Gasteiger charge is 2.23. The summed E-state index contributed by atoms with van der Waals surface area (Å²) in [4.78, 5) is 4.20. The van der Waals surface area contributed by atoms with Crippen molar-refractivity contribution in [2.75, 3.05) is 11.9 Å². The molecule has 0 radical (unpaired) electrons. The number of nitrogens with one attached hydrogen (secondary N) is 1. The molecule has 0 aliphatic heterocycles. The lowest BCUT2D eigenvalue weighted by Gasteiger charge is -2.12. The maximum atomic E-state index is 12.8. The highest BCUT2D eigenvalue weighted by atomic mass is 19.1. The molecule has 1 heterocycles. The lowest BCUT2D eigenvalue weighted by atomic mass is 9.97. The summed E-state index contributed by atoms with van der Waals surface area (Å²) in [6, 6.07) is 8.37. The molecule has 0 aliphatic carbocycles. The van der Waals surface area contributed by atoms with Gasteiger partial charge in [-0.1, -0.05) is 32.9 Å². The van der Waals surface area contributed by atoms with E-state index in [1.54, 1.807) is 12.1 Å². The minimum absolute atomic E-state index is 0.247. The summed E-state index contributed by atoms with van der Waals surface area (Å²) in [6.07, 6.45) is 0.705. The Morgan fingerprint density at radius 2 is 1.95 bits per heavy atom. The number of anilines is 1. The molecule has 2 aromatic rings. The van der Waals surface area contributed by atoms with Crippen molar-refractivity contribution in [3.63, 3.8) is 0 Å². The van der Waals surface area contributed by atoms with Crippen LogP contribution >= 0.6 is 0 Å². The van der Waals surface area contributed by atoms with E-state index in [2.05, 4.69) is 10.3 Å². The Bertz CT molecular complexity index is 648. The third-order valence-corrected chi connectivity index (χ3v) is 2.99. The number of halogens is 1. The molecular formula is C16H18FN3O. The van der Waals surface area contributed by atoms with E-state index < -0.39 is 0 Å². The second-order valence-corrected chi connectivity index (χ2v) is 5.86. The highest BCUT2D eigenvalue weighted by Crippen LogP contribution is 2.26. The van der Waals surface area contributed by atoms with Gasteiger partial charge in [0.05, 0.1) is 0 Å². The van der Waals surface area contributed by atoms with Gasteiger partial charge in [-0.2, -0.15) is 10.2 Å². The van der Waals surface area contributed by atoms with E-state index >= 15 is 0 Å². The number of benzene rings is 1. The van der Waals surface area contributed by atoms with Gasteiger partial charge < -0.3 is 9.73 Å². The maximum Gasteiger partial charge on any atom is 0.232 e. The van der Waals surface area contributed by atoms with Crippen molar-refractivity contribution < 1.29 is 8.81 Å². The minimum atomic E-state index is -0.248. The first-order valence-electron chi connectivity index (χ1n) is 6.80. The molecule has 2 rings (SSSR count). The Morgan fingerprint density at radius 1 is 1.29 bits per heavy atom. The molecule has 0 bridgehead atoms. The zero-order chi connectivity index (χ0) is 15.5. The van der Waals surface area contributed by atoms with Gasteiger partial charge in [-0.25, -0.2) is 4.39 Å². The summed E-state index contributed by atoms with van der Waals surface area (Å²) >= 11 is 0. The normalized spacial score (nSPS) is 11.2. The van der Waals surface area contributed by atoms with Crippen LogP contribution in [0.1, 0.15) is 37.9 Å². The largest absolute Gasteiger partial charge is 0.423 e. The first-order valence-corrected chi connectivity index (χ1v) is 6.80. The van der Waals surface area contributed by atoms with Crippen molar-refractivity contribution in [2.45, 2.75) is 32.6 Å². The fourth-order valence-corrected chi connectivity index (χ4v) is 1.81. The SMILES string of the molecule is CC(C)(C)c1nc(C#N)c(NCCc2ccc(F)cc2)o1. The summed E-state index contributed by atoms with van der Waals surface area (Å²) in [5.41, 5.74) is 1.03. The second-order valence-electron chi connectivity index (χ2n) is 5.86. The fourth-order valence-electron chi connectivity index (χ4n) is 1.81. The maximum absolute atomic E-state index is 12.8. The molecular weight excluding hydrogens is 269 g/mol. The van der Waals surface area contributed by atoms with E-state index in [9.17, 15) is 4.39 Å². The predicted molar refractivity (Wildman–Crippen MR) is 78.5 cm³/mol. The molecule has 0 aliphatic rings. The van der Waals surface area contributed by atoms with Gasteiger partial charge in [0.2, 0.25) is 17.5 Å². The zero-order valence-corrected chi connectivity index (χ0v) is 12.4. The van der Waals surface area contributed by atoms with E-state index in [1.165, 1.54) is 12.1 Å². The van der Waals surface area contributed by atoms with Gasteiger partial charge in [-0.05, 0) is 24.1 Å². The molecule has 0 fully saturated rings. The molecule has 1 aromatic carbocycles. The van der Waals surface area contributed by atoms with E-state index in [0.29, 0.717) is 24.7 Å². The molecule has 21 heavy (non-hydrogen) atoms. The first kappa shape index (κ1) is 15.0. The van der Waals surface area contributed by atoms with Crippen molar-refractivity contribution in [3.8, 4) is 6.07 Å². The molecule has 1 N–H and O–H groups in total. The molecule has 4 nitrogen and oxygen atoms in total. The number of hydrogen-bond acceptors (Lipinski definition) is 4. The summed E-state index contributed by atoms with van der Waals surface area (Å²) in [6.45, 7) is 6.51. The van der Waals surface area contributed by atoms with Crippen LogP contribution in [0.4, 0.5) is 10.3 Å². The fraction of sp³-hybridized carbons (Fsp3) is 0.375. The van der Waals surface area contributed by atoms with Crippen molar-refractivity contribution in [3.05, 3.63) is 47.2 Å². The summed E-state index contributed by atoms with van der Waals surface area (Å²) in [5, 5.41) is 12.2. The van der Waals surface area contributed by atoms with E-state index in [4.69, 9.17) is 9.68 Å². The highest BCUT2D eigenvalue weighted by molar-refractivity contribution is 5.45. The van der Waals surface area contributed by atoms with Crippen LogP contribution < -0.4 is 5.32 Å². The van der Waals surface area contributed by atoms with Crippen LogP contribution in [0.3, 0.4) is 0 Å². The predicted octanol–water partition coefficient (Wildman–Crippen LogP) is 3.64. The van der Waals surface area contributed by atoms with E-state index in [1.807, 2.05) is 26.8 Å². The molecule has 0 atom stereocenters. The average Bonchev–Trinajstić information content (AvgIpc) is 2.84. The van der Waals surface area contributed by atoms with Crippen molar-refractivity contribution in [1.82, 2.24) is 4.98 Å². The van der Waals surface area contributed by atoms with E-state index in [0.717, 1.165) is 5.56 Å². The van der Waals surface area contributed by atoms with Gasteiger partial charge >= 0.3 is 0 Å². The Labute approximate surface area is 123 Å². The van der Waals surface area contributed by atoms with Crippen LogP contribution in [0.25, 0.3) is 0 Å². The van der Waals surface area contributed by atoms with Gasteiger partial charge in [-0.3, -0.25) is 0 Å². The van der Waals surface area contributed by atoms with Gasteiger partial charge in [-0.15, -0.1) is 0 Å². The quantitative estimate of drug-likeness (QED) is 0.932. The Morgan fingerprint density at radius 3 is 2.52 bits per heavy atom. The molecule has 1 aromatic heterocycles. The van der Waals surface area contributed by atoms with Crippen LogP contribution in [0.15, 0.2) is 28.7 Å². The van der Waals surface area contributed by atoms with Crippen LogP contribution in [0.5, 0.6) is 0 Å². The lowest BCUT2D eigenvalue weighted by molar-refractivity contribution is 0.399. The molecule has 110 valence electrons. The number of nitrogens with zero attached hydrogens (tertiary/aromatic N) is 2. The number of hydrogen-bond donors (Lipinski definition) is 1. The van der Waals surface area contributed by atoms with Crippen LogP contribution in [-0.4, -0.2) is 11.5 Å². The van der Waals surface area contributed by atoms with Crippen molar-refractivity contribution >= 4 is 5.88 Å².